The number of imidazole rings is 1. The highest BCUT2D eigenvalue weighted by molar-refractivity contribution is 5.83. The molecule has 2 fully saturated rings. The normalized spacial score (nSPS) is 19.7. The highest BCUT2D eigenvalue weighted by atomic mass is 16.5. The van der Waals surface area contributed by atoms with Crippen molar-refractivity contribution in [3.8, 4) is 0 Å². The Hall–Kier alpha value is -3.24. The van der Waals surface area contributed by atoms with Crippen LogP contribution in [0.3, 0.4) is 0 Å². The van der Waals surface area contributed by atoms with Gasteiger partial charge in [0.15, 0.2) is 0 Å². The van der Waals surface area contributed by atoms with Crippen LogP contribution in [-0.4, -0.2) is 59.9 Å². The molecule has 1 saturated heterocycles. The van der Waals surface area contributed by atoms with E-state index in [-0.39, 0.29) is 12.1 Å². The van der Waals surface area contributed by atoms with E-state index >= 15 is 0 Å². The summed E-state index contributed by atoms with van der Waals surface area (Å²) in [5, 5.41) is 10.8. The fourth-order valence-electron chi connectivity index (χ4n) is 3.57. The van der Waals surface area contributed by atoms with Crippen LogP contribution in [0.4, 0.5) is 4.79 Å². The number of morpholine rings is 1. The van der Waals surface area contributed by atoms with Gasteiger partial charge in [0.2, 0.25) is 0 Å². The first-order chi connectivity index (χ1) is 15.2. The van der Waals surface area contributed by atoms with Crippen molar-refractivity contribution in [3.63, 3.8) is 0 Å². The Morgan fingerprint density at radius 1 is 1.29 bits per heavy atom. The Balaban J connectivity index is 1.29. The number of aromatic nitrogens is 2. The number of nitrogens with zero attached hydrogens (tertiary/aromatic N) is 4. The molecule has 0 atom stereocenters. The van der Waals surface area contributed by atoms with Gasteiger partial charge >= 0.3 is 6.03 Å². The average Bonchev–Trinajstić information content (AvgIpc) is 3.50. The van der Waals surface area contributed by atoms with E-state index in [2.05, 4.69) is 48.1 Å². The maximum absolute atomic E-state index is 11.7. The molecule has 5 rings (SSSR count). The van der Waals surface area contributed by atoms with Gasteiger partial charge in [0.1, 0.15) is 18.1 Å². The number of carbonyl (C=O) groups excluding carboxylic acids is 1. The fraction of sp³-hybridized carbons (Fsp3) is 0.429. The summed E-state index contributed by atoms with van der Waals surface area (Å²) >= 11 is 0. The van der Waals surface area contributed by atoms with Crippen LogP contribution < -0.4 is 10.7 Å². The second-order valence-corrected chi connectivity index (χ2v) is 7.84. The molecule has 2 aliphatic heterocycles. The molecular formula is C21H25N7O3. The molecule has 0 bridgehead atoms. The lowest BCUT2D eigenvalue weighted by Crippen LogP contribution is -2.35. The molecule has 0 radical (unpaired) electrons. The number of allylic oxidation sites excluding steroid dienone is 1. The van der Waals surface area contributed by atoms with Crippen LogP contribution >= 0.6 is 0 Å². The summed E-state index contributed by atoms with van der Waals surface area (Å²) in [6.45, 7) is 4.73. The van der Waals surface area contributed by atoms with Crippen molar-refractivity contribution in [2.75, 3.05) is 32.9 Å². The monoisotopic (exact) mass is 423 g/mol. The second kappa shape index (κ2) is 8.86. The van der Waals surface area contributed by atoms with E-state index in [9.17, 15) is 4.79 Å². The molecule has 10 nitrogen and oxygen atoms in total. The Labute approximate surface area is 179 Å². The van der Waals surface area contributed by atoms with Crippen molar-refractivity contribution >= 4 is 22.6 Å². The highest BCUT2D eigenvalue weighted by Crippen LogP contribution is 2.27. The van der Waals surface area contributed by atoms with Crippen LogP contribution in [0.1, 0.15) is 24.2 Å². The number of fused-ring (bicyclic) bond motifs is 1. The van der Waals surface area contributed by atoms with Crippen molar-refractivity contribution in [2.45, 2.75) is 25.4 Å². The number of H-pyrrole nitrogens is 1. The quantitative estimate of drug-likeness (QED) is 0.488. The van der Waals surface area contributed by atoms with Gasteiger partial charge in [-0.2, -0.15) is 0 Å². The Bertz CT molecular complexity index is 1050. The third kappa shape index (κ3) is 4.92. The molecule has 2 amide bonds. The van der Waals surface area contributed by atoms with Gasteiger partial charge in [-0.25, -0.2) is 15.2 Å². The lowest BCUT2D eigenvalue weighted by molar-refractivity contribution is 0.0342. The topological polar surface area (TPSA) is 116 Å². The molecule has 10 heteroatoms. The van der Waals surface area contributed by atoms with Crippen LogP contribution in [0.2, 0.25) is 0 Å². The molecule has 1 aromatic carbocycles. The molecule has 0 spiro atoms. The largest absolute Gasteiger partial charge is 0.496 e. The van der Waals surface area contributed by atoms with E-state index in [1.165, 1.54) is 5.56 Å². The lowest BCUT2D eigenvalue weighted by atomic mass is 10.2. The summed E-state index contributed by atoms with van der Waals surface area (Å²) in [4.78, 5) is 22.1. The first kappa shape index (κ1) is 19.7. The van der Waals surface area contributed by atoms with Gasteiger partial charge in [0, 0.05) is 25.7 Å². The van der Waals surface area contributed by atoms with Gasteiger partial charge in [-0.1, -0.05) is 11.3 Å². The van der Waals surface area contributed by atoms with Crippen LogP contribution in [0.25, 0.3) is 16.6 Å². The molecule has 0 unspecified atom stereocenters. The first-order valence-corrected chi connectivity index (χ1v) is 10.5. The molecule has 1 aromatic heterocycles. The predicted molar refractivity (Wildman–Crippen MR) is 114 cm³/mol. The lowest BCUT2D eigenvalue weighted by Gasteiger charge is -2.26. The molecule has 162 valence electrons. The molecular weight excluding hydrogens is 398 g/mol. The van der Waals surface area contributed by atoms with Crippen LogP contribution in [0.15, 0.2) is 46.6 Å². The van der Waals surface area contributed by atoms with Crippen LogP contribution in [-0.2, 0) is 16.0 Å². The SMILES string of the molecule is O=C(NN=NC1=CCOC=C1c1nc2ccc(CN3CCOCC3)cc2[nH]1)NC1CC1. The van der Waals surface area contributed by atoms with E-state index in [4.69, 9.17) is 9.47 Å². The first-order valence-electron chi connectivity index (χ1n) is 10.5. The molecule has 1 saturated carbocycles. The second-order valence-electron chi connectivity index (χ2n) is 7.84. The predicted octanol–water partition coefficient (Wildman–Crippen LogP) is 2.48. The molecule has 3 N–H and O–H groups in total. The number of benzene rings is 1. The van der Waals surface area contributed by atoms with Gasteiger partial charge in [-0.3, -0.25) is 4.90 Å². The summed E-state index contributed by atoms with van der Waals surface area (Å²) in [7, 11) is 0. The van der Waals surface area contributed by atoms with E-state index < -0.39 is 0 Å². The molecule has 2 aromatic rings. The van der Waals surface area contributed by atoms with E-state index in [0.29, 0.717) is 23.7 Å². The summed E-state index contributed by atoms with van der Waals surface area (Å²) in [5.41, 5.74) is 6.71. The van der Waals surface area contributed by atoms with Crippen molar-refractivity contribution in [3.05, 3.63) is 47.6 Å². The fourth-order valence-corrected chi connectivity index (χ4v) is 3.57. The molecule has 1 aliphatic carbocycles. The van der Waals surface area contributed by atoms with Crippen molar-refractivity contribution < 1.29 is 14.3 Å². The molecule has 3 heterocycles. The van der Waals surface area contributed by atoms with E-state index in [1.807, 2.05) is 6.07 Å². The van der Waals surface area contributed by atoms with Gasteiger partial charge in [-0.05, 0) is 36.6 Å². The molecule has 31 heavy (non-hydrogen) atoms. The number of urea groups is 1. The standard InChI is InChI=1S/C21H25N7O3/c29-21(22-15-2-3-15)26-27-25-17-5-8-31-13-16(17)20-23-18-4-1-14(11-19(18)24-20)12-28-6-9-30-10-7-28/h1,4-5,11,13,15H,2-3,6-10,12H2,(H,23,24)(H2,22,25,26,29). The number of hydrogen-bond donors (Lipinski definition) is 3. The van der Waals surface area contributed by atoms with Crippen molar-refractivity contribution in [2.24, 2.45) is 10.3 Å². The zero-order valence-corrected chi connectivity index (χ0v) is 17.1. The summed E-state index contributed by atoms with van der Waals surface area (Å²) < 4.78 is 10.9. The van der Waals surface area contributed by atoms with Crippen LogP contribution in [0.5, 0.6) is 0 Å². The minimum absolute atomic E-state index is 0.261. The maximum Gasteiger partial charge on any atom is 0.336 e. The number of amides is 2. The van der Waals surface area contributed by atoms with Crippen LogP contribution in [0, 0.1) is 0 Å². The smallest absolute Gasteiger partial charge is 0.336 e. The van der Waals surface area contributed by atoms with Crippen molar-refractivity contribution in [1.82, 2.24) is 25.6 Å². The highest BCUT2D eigenvalue weighted by Gasteiger charge is 2.23. The third-order valence-corrected chi connectivity index (χ3v) is 5.38. The van der Waals surface area contributed by atoms with Gasteiger partial charge in [0.05, 0.1) is 36.1 Å². The number of hydrogen-bond acceptors (Lipinski definition) is 7. The minimum atomic E-state index is -0.346. The summed E-state index contributed by atoms with van der Waals surface area (Å²) in [6, 6.07) is 6.16. The van der Waals surface area contributed by atoms with E-state index in [0.717, 1.165) is 56.7 Å². The Morgan fingerprint density at radius 3 is 3.00 bits per heavy atom. The van der Waals surface area contributed by atoms with Crippen molar-refractivity contribution in [1.29, 1.82) is 0 Å². The third-order valence-electron chi connectivity index (χ3n) is 5.38. The Morgan fingerprint density at radius 2 is 2.16 bits per heavy atom. The summed E-state index contributed by atoms with van der Waals surface area (Å²) in [6.07, 6.45) is 5.45. The molecule has 3 aliphatic rings. The summed E-state index contributed by atoms with van der Waals surface area (Å²) in [5.74, 6) is 0.644. The number of carbonyl (C=O) groups is 1. The maximum atomic E-state index is 11.7. The van der Waals surface area contributed by atoms with Gasteiger partial charge in [-0.15, -0.1) is 5.11 Å². The van der Waals surface area contributed by atoms with E-state index in [1.54, 1.807) is 12.3 Å². The average molecular weight is 423 g/mol. The zero-order valence-electron chi connectivity index (χ0n) is 17.1. The Kier molecular flexibility index (Phi) is 5.63. The zero-order chi connectivity index (χ0) is 21.0. The minimum Gasteiger partial charge on any atom is -0.496 e. The van der Waals surface area contributed by atoms with Gasteiger partial charge in [0.25, 0.3) is 0 Å². The number of ether oxygens (including phenoxy) is 2. The number of rotatable bonds is 6. The number of aromatic amines is 1. The number of nitrogens with one attached hydrogen (secondary N) is 3. The van der Waals surface area contributed by atoms with Gasteiger partial charge < -0.3 is 19.8 Å².